The quantitative estimate of drug-likeness (QED) is 0.627. The summed E-state index contributed by atoms with van der Waals surface area (Å²) >= 11 is 0. The molecule has 6 heteroatoms. The van der Waals surface area contributed by atoms with E-state index in [0.29, 0.717) is 34.2 Å². The van der Waals surface area contributed by atoms with Crippen LogP contribution in [0, 0.1) is 5.82 Å². The molecule has 25 heavy (non-hydrogen) atoms. The molecular weight excluding hydrogens is 325 g/mol. The van der Waals surface area contributed by atoms with Crippen molar-refractivity contribution in [1.82, 2.24) is 4.98 Å². The van der Waals surface area contributed by atoms with Crippen LogP contribution in [0.2, 0.25) is 0 Å². The molecule has 0 aliphatic heterocycles. The van der Waals surface area contributed by atoms with Crippen LogP contribution < -0.4 is 9.47 Å². The third kappa shape index (κ3) is 3.85. The van der Waals surface area contributed by atoms with Crippen molar-refractivity contribution in [3.05, 3.63) is 65.8 Å². The molecule has 0 radical (unpaired) electrons. The highest BCUT2D eigenvalue weighted by atomic mass is 19.1. The zero-order chi connectivity index (χ0) is 17.8. The van der Waals surface area contributed by atoms with E-state index >= 15 is 0 Å². The molecule has 3 aromatic rings. The van der Waals surface area contributed by atoms with E-state index in [1.807, 2.05) is 0 Å². The van der Waals surface area contributed by atoms with E-state index in [9.17, 15) is 9.18 Å². The van der Waals surface area contributed by atoms with Crippen LogP contribution in [0.3, 0.4) is 0 Å². The fraction of sp³-hybridized carbons (Fsp3) is 0.158. The van der Waals surface area contributed by atoms with E-state index in [0.717, 1.165) is 0 Å². The Bertz CT molecular complexity index is 887. The number of carbonyl (C=O) groups excluding carboxylic acids is 1. The minimum Gasteiger partial charge on any atom is -0.497 e. The smallest absolute Gasteiger partial charge is 0.226 e. The van der Waals surface area contributed by atoms with Crippen molar-refractivity contribution < 1.29 is 23.1 Å². The van der Waals surface area contributed by atoms with Gasteiger partial charge in [-0.15, -0.1) is 0 Å². The first kappa shape index (κ1) is 16.7. The van der Waals surface area contributed by atoms with Crippen molar-refractivity contribution in [2.75, 3.05) is 7.11 Å². The number of carbonyl (C=O) groups is 1. The number of rotatable bonds is 6. The molecule has 0 saturated carbocycles. The molecule has 0 aliphatic carbocycles. The lowest BCUT2D eigenvalue weighted by Crippen LogP contribution is -2.02. The number of ketones is 1. The second kappa shape index (κ2) is 7.17. The number of Topliss-reactive ketones (excluding diaryl/α,β-unsaturated/α-hetero) is 1. The van der Waals surface area contributed by atoms with Gasteiger partial charge in [-0.05, 0) is 43.3 Å². The van der Waals surface area contributed by atoms with E-state index in [1.54, 1.807) is 37.4 Å². The minimum atomic E-state index is -0.325. The molecule has 0 aliphatic rings. The average molecular weight is 341 g/mol. The van der Waals surface area contributed by atoms with Gasteiger partial charge >= 0.3 is 0 Å². The van der Waals surface area contributed by atoms with Crippen molar-refractivity contribution in [2.24, 2.45) is 0 Å². The van der Waals surface area contributed by atoms with Crippen LogP contribution in [-0.2, 0) is 6.61 Å². The van der Waals surface area contributed by atoms with Gasteiger partial charge in [0.1, 0.15) is 35.9 Å². The summed E-state index contributed by atoms with van der Waals surface area (Å²) in [5, 5.41) is 0. The van der Waals surface area contributed by atoms with Crippen LogP contribution in [0.1, 0.15) is 23.0 Å². The molecular formula is C19H16FNO4. The molecule has 128 valence electrons. The van der Waals surface area contributed by atoms with Gasteiger partial charge in [0.2, 0.25) is 5.89 Å². The second-order valence-electron chi connectivity index (χ2n) is 5.36. The van der Waals surface area contributed by atoms with Gasteiger partial charge in [-0.25, -0.2) is 9.37 Å². The summed E-state index contributed by atoms with van der Waals surface area (Å²) in [6.45, 7) is 1.59. The van der Waals surface area contributed by atoms with Gasteiger partial charge in [-0.2, -0.15) is 0 Å². The van der Waals surface area contributed by atoms with Gasteiger partial charge < -0.3 is 13.9 Å². The van der Waals surface area contributed by atoms with Crippen LogP contribution in [0.15, 0.2) is 53.1 Å². The molecule has 0 atom stereocenters. The molecule has 5 nitrogen and oxygen atoms in total. The largest absolute Gasteiger partial charge is 0.497 e. The molecule has 0 bridgehead atoms. The van der Waals surface area contributed by atoms with E-state index in [2.05, 4.69) is 4.98 Å². The number of hydrogen-bond donors (Lipinski definition) is 0. The number of oxazole rings is 1. The SMILES string of the molecule is COc1ccc(C(C)=O)c(OCc2coc(-c3ccc(F)cc3)n2)c1. The molecule has 0 amide bonds. The third-order valence-corrected chi connectivity index (χ3v) is 3.59. The number of halogens is 1. The normalized spacial score (nSPS) is 10.5. The molecule has 3 rings (SSSR count). The lowest BCUT2D eigenvalue weighted by molar-refractivity contribution is 0.101. The maximum atomic E-state index is 13.0. The number of aromatic nitrogens is 1. The summed E-state index contributed by atoms with van der Waals surface area (Å²) in [6, 6.07) is 10.9. The maximum absolute atomic E-state index is 13.0. The Kier molecular flexibility index (Phi) is 4.79. The first-order valence-corrected chi connectivity index (χ1v) is 7.59. The molecule has 0 N–H and O–H groups in total. The van der Waals surface area contributed by atoms with Crippen LogP contribution in [0.4, 0.5) is 4.39 Å². The van der Waals surface area contributed by atoms with Gasteiger partial charge in [0, 0.05) is 11.6 Å². The van der Waals surface area contributed by atoms with E-state index < -0.39 is 0 Å². The second-order valence-corrected chi connectivity index (χ2v) is 5.36. The molecule has 2 aromatic carbocycles. The van der Waals surface area contributed by atoms with Crippen molar-refractivity contribution in [2.45, 2.75) is 13.5 Å². The number of methoxy groups -OCH3 is 1. The van der Waals surface area contributed by atoms with Crippen LogP contribution in [0.25, 0.3) is 11.5 Å². The van der Waals surface area contributed by atoms with Gasteiger partial charge in [-0.1, -0.05) is 0 Å². The predicted octanol–water partition coefficient (Wildman–Crippen LogP) is 4.27. The number of ether oxygens (including phenoxy) is 2. The molecule has 1 aromatic heterocycles. The standard InChI is InChI=1S/C19H16FNO4/c1-12(22)17-8-7-16(23-2)9-18(17)24-10-15-11-25-19(21-15)13-3-5-14(20)6-4-13/h3-9,11H,10H2,1-2H3. The van der Waals surface area contributed by atoms with Crippen molar-refractivity contribution in [3.63, 3.8) is 0 Å². The van der Waals surface area contributed by atoms with E-state index in [4.69, 9.17) is 13.9 Å². The Morgan fingerprint density at radius 1 is 1.20 bits per heavy atom. The Hall–Kier alpha value is -3.15. The van der Waals surface area contributed by atoms with Crippen molar-refractivity contribution in [3.8, 4) is 23.0 Å². The highest BCUT2D eigenvalue weighted by molar-refractivity contribution is 5.97. The summed E-state index contributed by atoms with van der Waals surface area (Å²) in [5.41, 5.74) is 1.68. The maximum Gasteiger partial charge on any atom is 0.226 e. The monoisotopic (exact) mass is 341 g/mol. The molecule has 0 unspecified atom stereocenters. The highest BCUT2D eigenvalue weighted by Gasteiger charge is 2.12. The van der Waals surface area contributed by atoms with E-state index in [1.165, 1.54) is 25.3 Å². The van der Waals surface area contributed by atoms with Gasteiger partial charge in [0.05, 0.1) is 12.7 Å². The summed E-state index contributed by atoms with van der Waals surface area (Å²) in [6.07, 6.45) is 1.46. The molecule has 1 heterocycles. The van der Waals surface area contributed by atoms with Crippen LogP contribution >= 0.6 is 0 Å². The van der Waals surface area contributed by atoms with Crippen molar-refractivity contribution >= 4 is 5.78 Å². The number of hydrogen-bond acceptors (Lipinski definition) is 5. The van der Waals surface area contributed by atoms with Gasteiger partial charge in [0.25, 0.3) is 0 Å². The Morgan fingerprint density at radius 3 is 2.64 bits per heavy atom. The number of nitrogens with zero attached hydrogens (tertiary/aromatic N) is 1. The fourth-order valence-electron chi connectivity index (χ4n) is 2.29. The molecule has 0 fully saturated rings. The summed E-state index contributed by atoms with van der Waals surface area (Å²) < 4.78 is 29.2. The first-order chi connectivity index (χ1) is 12.1. The average Bonchev–Trinajstić information content (AvgIpc) is 3.09. The Morgan fingerprint density at radius 2 is 1.96 bits per heavy atom. The third-order valence-electron chi connectivity index (χ3n) is 3.59. The summed E-state index contributed by atoms with van der Waals surface area (Å²) in [7, 11) is 1.54. The van der Waals surface area contributed by atoms with Crippen molar-refractivity contribution in [1.29, 1.82) is 0 Å². The Balaban J connectivity index is 1.76. The van der Waals surface area contributed by atoms with E-state index in [-0.39, 0.29) is 18.2 Å². The predicted molar refractivity (Wildman–Crippen MR) is 89.2 cm³/mol. The summed E-state index contributed by atoms with van der Waals surface area (Å²) in [5.74, 6) is 0.944. The zero-order valence-electron chi connectivity index (χ0n) is 13.8. The first-order valence-electron chi connectivity index (χ1n) is 7.59. The topological polar surface area (TPSA) is 61.6 Å². The lowest BCUT2D eigenvalue weighted by atomic mass is 10.1. The highest BCUT2D eigenvalue weighted by Crippen LogP contribution is 2.26. The molecule has 0 saturated heterocycles. The van der Waals surface area contributed by atoms with Crippen LogP contribution in [0.5, 0.6) is 11.5 Å². The lowest BCUT2D eigenvalue weighted by Gasteiger charge is -2.10. The van der Waals surface area contributed by atoms with Crippen LogP contribution in [-0.4, -0.2) is 17.9 Å². The molecule has 0 spiro atoms. The zero-order valence-corrected chi connectivity index (χ0v) is 13.8. The fourth-order valence-corrected chi connectivity index (χ4v) is 2.29. The van der Waals surface area contributed by atoms with Gasteiger partial charge in [-0.3, -0.25) is 4.79 Å². The van der Waals surface area contributed by atoms with Gasteiger partial charge in [0.15, 0.2) is 5.78 Å². The Labute approximate surface area is 144 Å². The summed E-state index contributed by atoms with van der Waals surface area (Å²) in [4.78, 5) is 16.0. The minimum absolute atomic E-state index is 0.107. The number of benzene rings is 2.